The lowest BCUT2D eigenvalue weighted by atomic mass is 9.96. The van der Waals surface area contributed by atoms with Gasteiger partial charge in [-0.3, -0.25) is 9.69 Å². The zero-order valence-electron chi connectivity index (χ0n) is 12.7. The SMILES string of the molecule is Cc1ncc(CN2CCN(C(=O)C3CCNCC3)CC2)s1. The third-order valence-corrected chi connectivity index (χ3v) is 5.32. The summed E-state index contributed by atoms with van der Waals surface area (Å²) in [6.07, 6.45) is 3.98. The second-order valence-electron chi connectivity index (χ2n) is 5.97. The highest BCUT2D eigenvalue weighted by Crippen LogP contribution is 2.18. The number of hydrogen-bond donors (Lipinski definition) is 1. The van der Waals surface area contributed by atoms with Crippen molar-refractivity contribution in [3.63, 3.8) is 0 Å². The topological polar surface area (TPSA) is 48.5 Å². The van der Waals surface area contributed by atoms with Crippen LogP contribution in [0.15, 0.2) is 6.20 Å². The molecule has 0 aromatic carbocycles. The van der Waals surface area contributed by atoms with Gasteiger partial charge in [0.15, 0.2) is 0 Å². The lowest BCUT2D eigenvalue weighted by Gasteiger charge is -2.37. The largest absolute Gasteiger partial charge is 0.340 e. The summed E-state index contributed by atoms with van der Waals surface area (Å²) in [4.78, 5) is 22.6. The number of aryl methyl sites for hydroxylation is 1. The highest BCUT2D eigenvalue weighted by Gasteiger charge is 2.28. The molecular weight excluding hydrogens is 284 g/mol. The molecule has 1 N–H and O–H groups in total. The third-order valence-electron chi connectivity index (χ3n) is 4.42. The highest BCUT2D eigenvalue weighted by atomic mass is 32.1. The van der Waals surface area contributed by atoms with Crippen LogP contribution in [0.4, 0.5) is 0 Å². The second kappa shape index (κ2) is 6.85. The summed E-state index contributed by atoms with van der Waals surface area (Å²) in [6.45, 7) is 8.70. The first-order valence-corrected chi connectivity index (χ1v) is 8.67. The molecule has 2 saturated heterocycles. The normalized spacial score (nSPS) is 21.7. The van der Waals surface area contributed by atoms with Crippen LogP contribution < -0.4 is 5.32 Å². The number of piperazine rings is 1. The van der Waals surface area contributed by atoms with E-state index in [0.717, 1.165) is 63.7 Å². The molecule has 5 nitrogen and oxygen atoms in total. The molecule has 0 bridgehead atoms. The number of rotatable bonds is 3. The first kappa shape index (κ1) is 14.9. The van der Waals surface area contributed by atoms with Crippen LogP contribution in [0.5, 0.6) is 0 Å². The smallest absolute Gasteiger partial charge is 0.225 e. The van der Waals surface area contributed by atoms with Gasteiger partial charge in [0, 0.05) is 49.7 Å². The summed E-state index contributed by atoms with van der Waals surface area (Å²) in [5.74, 6) is 0.631. The fraction of sp³-hybridized carbons (Fsp3) is 0.733. The fourth-order valence-corrected chi connectivity index (χ4v) is 3.99. The van der Waals surface area contributed by atoms with Crippen molar-refractivity contribution < 1.29 is 4.79 Å². The van der Waals surface area contributed by atoms with E-state index in [2.05, 4.69) is 20.1 Å². The van der Waals surface area contributed by atoms with E-state index in [4.69, 9.17) is 0 Å². The Morgan fingerprint density at radius 2 is 2.05 bits per heavy atom. The third kappa shape index (κ3) is 3.81. The maximum Gasteiger partial charge on any atom is 0.225 e. The van der Waals surface area contributed by atoms with Crippen LogP contribution in [0.1, 0.15) is 22.7 Å². The Hall–Kier alpha value is -0.980. The number of thiazole rings is 1. The molecule has 0 saturated carbocycles. The van der Waals surface area contributed by atoms with E-state index in [1.807, 2.05) is 13.1 Å². The molecule has 116 valence electrons. The Labute approximate surface area is 130 Å². The number of hydrogen-bond acceptors (Lipinski definition) is 5. The Balaban J connectivity index is 1.47. The molecule has 3 rings (SSSR count). The van der Waals surface area contributed by atoms with Crippen LogP contribution in [-0.2, 0) is 11.3 Å². The van der Waals surface area contributed by atoms with Gasteiger partial charge in [0.2, 0.25) is 5.91 Å². The zero-order valence-corrected chi connectivity index (χ0v) is 13.5. The molecule has 0 atom stereocenters. The van der Waals surface area contributed by atoms with Crippen LogP contribution >= 0.6 is 11.3 Å². The van der Waals surface area contributed by atoms with Gasteiger partial charge in [0.05, 0.1) is 5.01 Å². The number of nitrogens with one attached hydrogen (secondary N) is 1. The number of carbonyl (C=O) groups excluding carboxylic acids is 1. The first-order valence-electron chi connectivity index (χ1n) is 7.85. The van der Waals surface area contributed by atoms with E-state index >= 15 is 0 Å². The van der Waals surface area contributed by atoms with Crippen molar-refractivity contribution in [2.75, 3.05) is 39.3 Å². The quantitative estimate of drug-likeness (QED) is 0.908. The minimum Gasteiger partial charge on any atom is -0.340 e. The average Bonchev–Trinajstić information content (AvgIpc) is 2.93. The van der Waals surface area contributed by atoms with Crippen molar-refractivity contribution in [2.45, 2.75) is 26.3 Å². The zero-order chi connectivity index (χ0) is 14.7. The molecule has 2 aliphatic rings. The van der Waals surface area contributed by atoms with E-state index in [9.17, 15) is 4.79 Å². The van der Waals surface area contributed by atoms with Crippen molar-refractivity contribution in [3.05, 3.63) is 16.1 Å². The van der Waals surface area contributed by atoms with Crippen LogP contribution in [0.3, 0.4) is 0 Å². The van der Waals surface area contributed by atoms with Crippen molar-refractivity contribution in [2.24, 2.45) is 5.92 Å². The standard InChI is InChI=1S/C15H24N4OS/c1-12-17-10-14(21-12)11-18-6-8-19(9-7-18)15(20)13-2-4-16-5-3-13/h10,13,16H,2-9,11H2,1H3. The number of carbonyl (C=O) groups is 1. The summed E-state index contributed by atoms with van der Waals surface area (Å²) in [5, 5.41) is 4.45. The molecule has 21 heavy (non-hydrogen) atoms. The van der Waals surface area contributed by atoms with Gasteiger partial charge in [-0.15, -0.1) is 11.3 Å². The molecule has 0 spiro atoms. The number of amides is 1. The summed E-state index contributed by atoms with van der Waals surface area (Å²) >= 11 is 1.77. The number of piperidine rings is 1. The Morgan fingerprint density at radius 1 is 1.33 bits per heavy atom. The molecular formula is C15H24N4OS. The van der Waals surface area contributed by atoms with Crippen LogP contribution in [0, 0.1) is 12.8 Å². The Morgan fingerprint density at radius 3 is 2.67 bits per heavy atom. The van der Waals surface area contributed by atoms with Gasteiger partial charge in [-0.1, -0.05) is 0 Å². The molecule has 3 heterocycles. The molecule has 1 amide bonds. The maximum atomic E-state index is 12.5. The van der Waals surface area contributed by atoms with Gasteiger partial charge < -0.3 is 10.2 Å². The summed E-state index contributed by atoms with van der Waals surface area (Å²) in [6, 6.07) is 0. The van der Waals surface area contributed by atoms with Gasteiger partial charge in [-0.05, 0) is 32.9 Å². The summed E-state index contributed by atoms with van der Waals surface area (Å²) in [7, 11) is 0. The monoisotopic (exact) mass is 308 g/mol. The predicted octanol–water partition coefficient (Wildman–Crippen LogP) is 1.10. The summed E-state index contributed by atoms with van der Waals surface area (Å²) in [5.41, 5.74) is 0. The van der Waals surface area contributed by atoms with Gasteiger partial charge in [0.25, 0.3) is 0 Å². The molecule has 0 unspecified atom stereocenters. The molecule has 2 fully saturated rings. The molecule has 0 radical (unpaired) electrons. The van der Waals surface area contributed by atoms with Crippen molar-refractivity contribution in [1.82, 2.24) is 20.1 Å². The minimum atomic E-state index is 0.252. The van der Waals surface area contributed by atoms with Crippen molar-refractivity contribution in [1.29, 1.82) is 0 Å². The van der Waals surface area contributed by atoms with Crippen molar-refractivity contribution in [3.8, 4) is 0 Å². The fourth-order valence-electron chi connectivity index (χ4n) is 3.15. The van der Waals surface area contributed by atoms with Crippen LogP contribution in [-0.4, -0.2) is 60.0 Å². The maximum absolute atomic E-state index is 12.5. The lowest BCUT2D eigenvalue weighted by Crippen LogP contribution is -2.51. The Bertz CT molecular complexity index is 476. The van der Waals surface area contributed by atoms with Gasteiger partial charge in [-0.25, -0.2) is 4.98 Å². The van der Waals surface area contributed by atoms with Gasteiger partial charge in [0.1, 0.15) is 0 Å². The highest BCUT2D eigenvalue weighted by molar-refractivity contribution is 7.11. The minimum absolute atomic E-state index is 0.252. The van der Waals surface area contributed by atoms with Gasteiger partial charge >= 0.3 is 0 Å². The molecule has 1 aromatic rings. The molecule has 0 aliphatic carbocycles. The van der Waals surface area contributed by atoms with E-state index in [1.165, 1.54) is 4.88 Å². The first-order chi connectivity index (χ1) is 10.2. The molecule has 2 aliphatic heterocycles. The van der Waals surface area contributed by atoms with E-state index in [1.54, 1.807) is 11.3 Å². The van der Waals surface area contributed by atoms with Crippen LogP contribution in [0.25, 0.3) is 0 Å². The number of nitrogens with zero attached hydrogens (tertiary/aromatic N) is 3. The van der Waals surface area contributed by atoms with E-state index in [0.29, 0.717) is 5.91 Å². The van der Waals surface area contributed by atoms with Gasteiger partial charge in [-0.2, -0.15) is 0 Å². The van der Waals surface area contributed by atoms with E-state index in [-0.39, 0.29) is 5.92 Å². The average molecular weight is 308 g/mol. The van der Waals surface area contributed by atoms with E-state index < -0.39 is 0 Å². The van der Waals surface area contributed by atoms with Crippen LogP contribution in [0.2, 0.25) is 0 Å². The predicted molar refractivity (Wildman–Crippen MR) is 84.3 cm³/mol. The van der Waals surface area contributed by atoms with Crippen molar-refractivity contribution >= 4 is 17.2 Å². The second-order valence-corrected chi connectivity index (χ2v) is 7.29. The summed E-state index contributed by atoms with van der Waals surface area (Å²) < 4.78 is 0. The number of aromatic nitrogens is 1. The Kier molecular flexibility index (Phi) is 4.87. The molecule has 6 heteroatoms. The molecule has 1 aromatic heterocycles. The lowest BCUT2D eigenvalue weighted by molar-refractivity contribution is -0.138.